The molecule has 0 amide bonds. The predicted molar refractivity (Wildman–Crippen MR) is 82.5 cm³/mol. The predicted octanol–water partition coefficient (Wildman–Crippen LogP) is 3.28. The maximum atomic E-state index is 5.34. The van der Waals surface area contributed by atoms with Crippen molar-refractivity contribution in [2.24, 2.45) is 16.8 Å². The molecule has 0 fully saturated rings. The highest BCUT2D eigenvalue weighted by atomic mass is 32.1. The highest BCUT2D eigenvalue weighted by Crippen LogP contribution is 2.38. The molecule has 3 nitrogen and oxygen atoms in total. The second kappa shape index (κ2) is 6.69. The zero-order valence-corrected chi connectivity index (χ0v) is 12.4. The van der Waals surface area contributed by atoms with E-state index in [2.05, 4.69) is 31.0 Å². The number of allylic oxidation sites excluding steroid dienone is 3. The van der Waals surface area contributed by atoms with Crippen molar-refractivity contribution >= 4 is 23.0 Å². The van der Waals surface area contributed by atoms with Gasteiger partial charge in [0.2, 0.25) is 0 Å². The van der Waals surface area contributed by atoms with E-state index in [0.717, 1.165) is 18.6 Å². The van der Waals surface area contributed by atoms with E-state index in [1.165, 1.54) is 24.0 Å². The molecular formula is C14H23N3S. The Morgan fingerprint density at radius 1 is 1.56 bits per heavy atom. The zero-order chi connectivity index (χ0) is 13.7. The molecule has 1 rings (SSSR count). The molecule has 1 aliphatic carbocycles. The fourth-order valence-corrected chi connectivity index (χ4v) is 2.49. The van der Waals surface area contributed by atoms with Crippen LogP contribution in [0.3, 0.4) is 0 Å². The minimum absolute atomic E-state index is 0.213. The van der Waals surface area contributed by atoms with Gasteiger partial charge in [0.1, 0.15) is 0 Å². The minimum Gasteiger partial charge on any atom is -0.375 e. The van der Waals surface area contributed by atoms with E-state index in [-0.39, 0.29) is 5.11 Å². The Kier molecular flexibility index (Phi) is 5.54. The first kappa shape index (κ1) is 14.9. The molecule has 0 heterocycles. The molecule has 4 heteroatoms. The second-order valence-electron chi connectivity index (χ2n) is 5.07. The average Bonchev–Trinajstić information content (AvgIpc) is 2.65. The van der Waals surface area contributed by atoms with Crippen LogP contribution in [0, 0.1) is 5.92 Å². The maximum absolute atomic E-state index is 5.34. The number of hydrogen-bond donors (Lipinski definition) is 2. The molecule has 0 unspecified atom stereocenters. The van der Waals surface area contributed by atoms with Gasteiger partial charge in [-0.2, -0.15) is 5.10 Å². The quantitative estimate of drug-likeness (QED) is 0.347. The monoisotopic (exact) mass is 265 g/mol. The molecule has 3 N–H and O–H groups in total. The van der Waals surface area contributed by atoms with Gasteiger partial charge in [0, 0.05) is 11.6 Å². The summed E-state index contributed by atoms with van der Waals surface area (Å²) in [4.78, 5) is 0. The first-order valence-electron chi connectivity index (χ1n) is 6.34. The van der Waals surface area contributed by atoms with Crippen molar-refractivity contribution in [1.29, 1.82) is 0 Å². The lowest BCUT2D eigenvalue weighted by Crippen LogP contribution is -2.25. The van der Waals surface area contributed by atoms with Crippen molar-refractivity contribution < 1.29 is 0 Å². The molecule has 0 aliphatic heterocycles. The summed E-state index contributed by atoms with van der Waals surface area (Å²) < 4.78 is 0. The normalized spacial score (nSPS) is 20.2. The molecule has 0 aromatic rings. The number of nitrogens with two attached hydrogens (primary N) is 1. The maximum Gasteiger partial charge on any atom is 0.184 e. The molecule has 0 saturated carbocycles. The Balaban J connectivity index is 2.57. The third-order valence-electron chi connectivity index (χ3n) is 3.48. The van der Waals surface area contributed by atoms with Crippen molar-refractivity contribution in [3.8, 4) is 0 Å². The van der Waals surface area contributed by atoms with Crippen molar-refractivity contribution in [2.45, 2.75) is 46.5 Å². The Morgan fingerprint density at radius 2 is 2.22 bits per heavy atom. The van der Waals surface area contributed by atoms with Gasteiger partial charge >= 0.3 is 0 Å². The number of nitrogens with one attached hydrogen (secondary N) is 1. The lowest BCUT2D eigenvalue weighted by Gasteiger charge is -2.15. The standard InChI is InChI=1S/C14H23N3S/c1-9(2)12-7-5-10(3)13(12)8-6-11(4)16-17-14(15)18/h12H,1,5-8H2,2-4H3,(H3,15,17,18)/b16-11+/t12-/m0/s1. The highest BCUT2D eigenvalue weighted by Gasteiger charge is 2.23. The van der Waals surface area contributed by atoms with E-state index < -0.39 is 0 Å². The summed E-state index contributed by atoms with van der Waals surface area (Å²) >= 11 is 4.72. The average molecular weight is 265 g/mol. The molecule has 18 heavy (non-hydrogen) atoms. The van der Waals surface area contributed by atoms with Crippen molar-refractivity contribution in [3.05, 3.63) is 23.3 Å². The van der Waals surface area contributed by atoms with Crippen LogP contribution in [-0.4, -0.2) is 10.8 Å². The molecule has 0 radical (unpaired) electrons. The summed E-state index contributed by atoms with van der Waals surface area (Å²) in [5.74, 6) is 0.571. The smallest absolute Gasteiger partial charge is 0.184 e. The number of hydrogen-bond acceptors (Lipinski definition) is 2. The third kappa shape index (κ3) is 4.26. The van der Waals surface area contributed by atoms with E-state index >= 15 is 0 Å². The van der Waals surface area contributed by atoms with Crippen molar-refractivity contribution in [3.63, 3.8) is 0 Å². The Bertz CT molecular complexity index is 407. The van der Waals surface area contributed by atoms with Gasteiger partial charge in [-0.15, -0.1) is 0 Å². The van der Waals surface area contributed by atoms with Gasteiger partial charge < -0.3 is 5.73 Å². The number of thiocarbonyl (C=S) groups is 1. The van der Waals surface area contributed by atoms with Gasteiger partial charge in [0.25, 0.3) is 0 Å². The molecule has 0 aromatic heterocycles. The molecule has 1 aliphatic rings. The Morgan fingerprint density at radius 3 is 2.78 bits per heavy atom. The van der Waals surface area contributed by atoms with Gasteiger partial charge in [-0.1, -0.05) is 23.3 Å². The van der Waals surface area contributed by atoms with Crippen LogP contribution in [0.2, 0.25) is 0 Å². The first-order valence-corrected chi connectivity index (χ1v) is 6.75. The van der Waals surface area contributed by atoms with Gasteiger partial charge in [-0.3, -0.25) is 5.43 Å². The van der Waals surface area contributed by atoms with E-state index in [4.69, 9.17) is 18.0 Å². The third-order valence-corrected chi connectivity index (χ3v) is 3.58. The van der Waals surface area contributed by atoms with Crippen LogP contribution >= 0.6 is 12.2 Å². The second-order valence-corrected chi connectivity index (χ2v) is 5.51. The SMILES string of the molecule is C=C(C)[C@@H]1CCC(C)=C1CC/C(C)=N/NC(N)=S. The summed E-state index contributed by atoms with van der Waals surface area (Å²) in [5.41, 5.74) is 13.3. The van der Waals surface area contributed by atoms with Gasteiger partial charge in [-0.05, 0) is 58.7 Å². The fourth-order valence-electron chi connectivity index (χ4n) is 2.45. The summed E-state index contributed by atoms with van der Waals surface area (Å²) in [6.07, 6.45) is 4.41. The summed E-state index contributed by atoms with van der Waals surface area (Å²) in [5, 5.41) is 4.35. The number of nitrogens with zero attached hydrogens (tertiary/aromatic N) is 1. The van der Waals surface area contributed by atoms with Crippen LogP contribution in [0.1, 0.15) is 46.5 Å². The molecule has 1 atom stereocenters. The van der Waals surface area contributed by atoms with Crippen LogP contribution in [-0.2, 0) is 0 Å². The number of rotatable bonds is 5. The van der Waals surface area contributed by atoms with Crippen molar-refractivity contribution in [1.82, 2.24) is 5.43 Å². The van der Waals surface area contributed by atoms with Crippen LogP contribution in [0.25, 0.3) is 0 Å². The summed E-state index contributed by atoms with van der Waals surface area (Å²) in [7, 11) is 0. The Hall–Kier alpha value is -1.16. The topological polar surface area (TPSA) is 50.4 Å². The lowest BCUT2D eigenvalue weighted by molar-refractivity contribution is 0.675. The van der Waals surface area contributed by atoms with Crippen LogP contribution in [0.4, 0.5) is 0 Å². The molecule has 100 valence electrons. The molecule has 0 aromatic carbocycles. The molecule has 0 saturated heterocycles. The van der Waals surface area contributed by atoms with E-state index in [1.807, 2.05) is 6.92 Å². The van der Waals surface area contributed by atoms with Gasteiger partial charge in [0.15, 0.2) is 5.11 Å². The fraction of sp³-hybridized carbons (Fsp3) is 0.571. The van der Waals surface area contributed by atoms with Crippen LogP contribution in [0.15, 0.2) is 28.4 Å². The molecular weight excluding hydrogens is 242 g/mol. The summed E-state index contributed by atoms with van der Waals surface area (Å²) in [6.45, 7) is 10.4. The van der Waals surface area contributed by atoms with Crippen LogP contribution in [0.5, 0.6) is 0 Å². The summed E-state index contributed by atoms with van der Waals surface area (Å²) in [6, 6.07) is 0. The molecule has 0 bridgehead atoms. The van der Waals surface area contributed by atoms with Crippen molar-refractivity contribution in [2.75, 3.05) is 0 Å². The zero-order valence-electron chi connectivity index (χ0n) is 11.5. The number of hydrazone groups is 1. The van der Waals surface area contributed by atoms with E-state index in [1.54, 1.807) is 5.57 Å². The van der Waals surface area contributed by atoms with E-state index in [9.17, 15) is 0 Å². The van der Waals surface area contributed by atoms with Gasteiger partial charge in [0.05, 0.1) is 0 Å². The highest BCUT2D eigenvalue weighted by molar-refractivity contribution is 7.80. The molecule has 0 spiro atoms. The van der Waals surface area contributed by atoms with Crippen LogP contribution < -0.4 is 11.2 Å². The Labute approximate surface area is 115 Å². The lowest BCUT2D eigenvalue weighted by atomic mass is 9.90. The minimum atomic E-state index is 0.213. The largest absolute Gasteiger partial charge is 0.375 e. The first-order chi connectivity index (χ1) is 8.41. The van der Waals surface area contributed by atoms with Gasteiger partial charge in [-0.25, -0.2) is 0 Å². The van der Waals surface area contributed by atoms with E-state index in [0.29, 0.717) is 5.92 Å².